The van der Waals surface area contributed by atoms with Crippen LogP contribution in [0.3, 0.4) is 0 Å². The van der Waals surface area contributed by atoms with Gasteiger partial charge in [0.05, 0.1) is 17.0 Å². The first-order valence-corrected chi connectivity index (χ1v) is 13.6. The van der Waals surface area contributed by atoms with E-state index >= 15 is 0 Å². The third kappa shape index (κ3) is 6.72. The van der Waals surface area contributed by atoms with Crippen molar-refractivity contribution in [2.24, 2.45) is 5.92 Å². The van der Waals surface area contributed by atoms with E-state index in [9.17, 15) is 18.0 Å². The van der Waals surface area contributed by atoms with Crippen molar-refractivity contribution >= 4 is 50.7 Å². The van der Waals surface area contributed by atoms with Gasteiger partial charge in [-0.1, -0.05) is 48.3 Å². The monoisotopic (exact) mass is 525 g/mol. The van der Waals surface area contributed by atoms with E-state index in [0.717, 1.165) is 6.42 Å². The third-order valence-electron chi connectivity index (χ3n) is 5.99. The van der Waals surface area contributed by atoms with Gasteiger partial charge in [0.25, 0.3) is 5.91 Å². The Hall–Kier alpha value is -2.13. The van der Waals surface area contributed by atoms with Gasteiger partial charge >= 0.3 is 0 Å². The summed E-state index contributed by atoms with van der Waals surface area (Å²) in [6.45, 7) is 4.38. The van der Waals surface area contributed by atoms with Crippen LogP contribution in [0.1, 0.15) is 49.0 Å². The van der Waals surface area contributed by atoms with Crippen molar-refractivity contribution in [2.45, 2.75) is 44.9 Å². The lowest BCUT2D eigenvalue weighted by Gasteiger charge is -2.30. The lowest BCUT2D eigenvalue weighted by Crippen LogP contribution is -2.42. The SMILES string of the molecule is CC[C@@H](C)NC(=O)c1ccccc1NC(=O)C1CCN(S(=O)(=O)Cc2ccc(Cl)cc2Cl)CC1. The Balaban J connectivity index is 1.60. The molecular weight excluding hydrogens is 497 g/mol. The van der Waals surface area contributed by atoms with E-state index in [1.807, 2.05) is 13.8 Å². The summed E-state index contributed by atoms with van der Waals surface area (Å²) < 4.78 is 27.2. The van der Waals surface area contributed by atoms with Crippen molar-refractivity contribution in [2.75, 3.05) is 18.4 Å². The van der Waals surface area contributed by atoms with Crippen molar-refractivity contribution < 1.29 is 18.0 Å². The summed E-state index contributed by atoms with van der Waals surface area (Å²) in [4.78, 5) is 25.5. The Kier molecular flexibility index (Phi) is 8.98. The number of halogens is 2. The fourth-order valence-corrected chi connectivity index (χ4v) is 5.90. The number of anilines is 1. The Morgan fingerprint density at radius 2 is 1.79 bits per heavy atom. The highest BCUT2D eigenvalue weighted by Gasteiger charge is 2.32. The van der Waals surface area contributed by atoms with Gasteiger partial charge < -0.3 is 10.6 Å². The summed E-state index contributed by atoms with van der Waals surface area (Å²) in [5, 5.41) is 6.52. The van der Waals surface area contributed by atoms with Crippen LogP contribution in [0.5, 0.6) is 0 Å². The van der Waals surface area contributed by atoms with Gasteiger partial charge in [-0.2, -0.15) is 0 Å². The van der Waals surface area contributed by atoms with E-state index in [2.05, 4.69) is 10.6 Å². The molecule has 2 amide bonds. The van der Waals surface area contributed by atoms with Crippen LogP contribution in [0.4, 0.5) is 5.69 Å². The molecule has 0 bridgehead atoms. The number of hydrogen-bond donors (Lipinski definition) is 2. The number of hydrogen-bond acceptors (Lipinski definition) is 4. The molecule has 34 heavy (non-hydrogen) atoms. The minimum Gasteiger partial charge on any atom is -0.350 e. The standard InChI is InChI=1S/C24H29Cl2N3O4S/c1-3-16(2)27-24(31)20-6-4-5-7-22(20)28-23(30)17-10-12-29(13-11-17)34(32,33)15-18-8-9-19(25)14-21(18)26/h4-9,14,16-17H,3,10-13,15H2,1-2H3,(H,27,31)(H,28,30)/t16-/m1/s1. The van der Waals surface area contributed by atoms with Crippen LogP contribution in [0.15, 0.2) is 42.5 Å². The van der Waals surface area contributed by atoms with Gasteiger partial charge in [-0.3, -0.25) is 9.59 Å². The number of nitrogens with one attached hydrogen (secondary N) is 2. The lowest BCUT2D eigenvalue weighted by atomic mass is 9.97. The number of carbonyl (C=O) groups is 2. The molecule has 2 aromatic rings. The molecule has 1 heterocycles. The van der Waals surface area contributed by atoms with Gasteiger partial charge in [0.1, 0.15) is 0 Å². The summed E-state index contributed by atoms with van der Waals surface area (Å²) in [5.41, 5.74) is 1.33. The zero-order valence-electron chi connectivity index (χ0n) is 19.2. The quantitative estimate of drug-likeness (QED) is 0.521. The summed E-state index contributed by atoms with van der Waals surface area (Å²) >= 11 is 12.0. The number of sulfonamides is 1. The molecule has 1 aliphatic heterocycles. The highest BCUT2D eigenvalue weighted by molar-refractivity contribution is 7.88. The van der Waals surface area contributed by atoms with Gasteiger partial charge in [0.2, 0.25) is 15.9 Å². The third-order valence-corrected chi connectivity index (χ3v) is 8.41. The molecule has 1 aliphatic rings. The fourth-order valence-electron chi connectivity index (χ4n) is 3.75. The molecule has 184 valence electrons. The van der Waals surface area contributed by atoms with Crippen molar-refractivity contribution in [3.63, 3.8) is 0 Å². The van der Waals surface area contributed by atoms with Gasteiger partial charge in [-0.25, -0.2) is 12.7 Å². The molecule has 0 saturated carbocycles. The van der Waals surface area contributed by atoms with Gasteiger partial charge in [-0.15, -0.1) is 0 Å². The van der Waals surface area contributed by atoms with E-state index in [1.165, 1.54) is 10.4 Å². The maximum absolute atomic E-state index is 12.9. The molecule has 7 nitrogen and oxygen atoms in total. The largest absolute Gasteiger partial charge is 0.350 e. The van der Waals surface area contributed by atoms with E-state index < -0.39 is 10.0 Å². The van der Waals surface area contributed by atoms with Gasteiger partial charge in [0, 0.05) is 35.1 Å². The molecule has 2 N–H and O–H groups in total. The fraction of sp³-hybridized carbons (Fsp3) is 0.417. The predicted molar refractivity (Wildman–Crippen MR) is 136 cm³/mol. The highest BCUT2D eigenvalue weighted by atomic mass is 35.5. The highest BCUT2D eigenvalue weighted by Crippen LogP contribution is 2.27. The first-order chi connectivity index (χ1) is 16.1. The summed E-state index contributed by atoms with van der Waals surface area (Å²) in [6.07, 6.45) is 1.58. The average molecular weight is 526 g/mol. The van der Waals surface area contributed by atoms with E-state index in [-0.39, 0.29) is 42.6 Å². The van der Waals surface area contributed by atoms with E-state index in [0.29, 0.717) is 39.7 Å². The number of benzene rings is 2. The topological polar surface area (TPSA) is 95.6 Å². The number of carbonyl (C=O) groups excluding carboxylic acids is 2. The van der Waals surface area contributed by atoms with Crippen molar-refractivity contribution in [3.8, 4) is 0 Å². The van der Waals surface area contributed by atoms with Crippen molar-refractivity contribution in [3.05, 3.63) is 63.6 Å². The molecule has 1 fully saturated rings. The zero-order valence-corrected chi connectivity index (χ0v) is 21.5. The van der Waals surface area contributed by atoms with Crippen LogP contribution in [0.25, 0.3) is 0 Å². The molecule has 0 aromatic heterocycles. The van der Waals surface area contributed by atoms with Crippen molar-refractivity contribution in [1.82, 2.24) is 9.62 Å². The summed E-state index contributed by atoms with van der Waals surface area (Å²) in [7, 11) is -3.59. The van der Waals surface area contributed by atoms with E-state index in [1.54, 1.807) is 36.4 Å². The second kappa shape index (κ2) is 11.5. The molecule has 2 aromatic carbocycles. The molecular formula is C24H29Cl2N3O4S. The Morgan fingerprint density at radius 3 is 2.44 bits per heavy atom. The first kappa shape index (κ1) is 26.5. The smallest absolute Gasteiger partial charge is 0.253 e. The number of para-hydroxylation sites is 1. The lowest BCUT2D eigenvalue weighted by molar-refractivity contribution is -0.120. The zero-order chi connectivity index (χ0) is 24.9. The van der Waals surface area contributed by atoms with Crippen LogP contribution in [0.2, 0.25) is 10.0 Å². The van der Waals surface area contributed by atoms with Gasteiger partial charge in [0.15, 0.2) is 0 Å². The molecule has 3 rings (SSSR count). The minimum absolute atomic E-state index is 0.0188. The van der Waals surface area contributed by atoms with Gasteiger partial charge in [-0.05, 0) is 56.0 Å². The van der Waals surface area contributed by atoms with Crippen LogP contribution in [-0.4, -0.2) is 43.7 Å². The number of amides is 2. The maximum atomic E-state index is 12.9. The van der Waals surface area contributed by atoms with Crippen LogP contribution in [-0.2, 0) is 20.6 Å². The second-order valence-electron chi connectivity index (χ2n) is 8.48. The number of nitrogens with zero attached hydrogens (tertiary/aromatic N) is 1. The predicted octanol–water partition coefficient (Wildman–Crippen LogP) is 4.70. The normalized spacial score (nSPS) is 16.1. The molecule has 0 radical (unpaired) electrons. The summed E-state index contributed by atoms with van der Waals surface area (Å²) in [5.74, 6) is -1.04. The van der Waals surface area contributed by atoms with E-state index in [4.69, 9.17) is 23.2 Å². The Labute approximate surface area is 210 Å². The Morgan fingerprint density at radius 1 is 1.12 bits per heavy atom. The van der Waals surface area contributed by atoms with Crippen molar-refractivity contribution in [1.29, 1.82) is 0 Å². The molecule has 10 heteroatoms. The molecule has 0 unspecified atom stereocenters. The molecule has 0 spiro atoms. The number of piperidine rings is 1. The van der Waals surface area contributed by atoms with Crippen LogP contribution in [0, 0.1) is 5.92 Å². The number of rotatable bonds is 8. The molecule has 1 atom stereocenters. The minimum atomic E-state index is -3.59. The second-order valence-corrected chi connectivity index (χ2v) is 11.3. The van der Waals surface area contributed by atoms with Crippen LogP contribution < -0.4 is 10.6 Å². The first-order valence-electron chi connectivity index (χ1n) is 11.2. The average Bonchev–Trinajstić information content (AvgIpc) is 2.81. The van der Waals surface area contributed by atoms with Crippen LogP contribution >= 0.6 is 23.2 Å². The molecule has 1 saturated heterocycles. The Bertz CT molecular complexity index is 1150. The maximum Gasteiger partial charge on any atom is 0.253 e. The summed E-state index contributed by atoms with van der Waals surface area (Å²) in [6, 6.07) is 11.6. The molecule has 0 aliphatic carbocycles.